The predicted molar refractivity (Wildman–Crippen MR) is 110 cm³/mol. The first-order valence-electron chi connectivity index (χ1n) is 8.45. The molecule has 26 heavy (non-hydrogen) atoms. The van der Waals surface area contributed by atoms with Gasteiger partial charge in [0, 0.05) is 36.1 Å². The summed E-state index contributed by atoms with van der Waals surface area (Å²) in [5, 5.41) is 7.22. The number of amides is 1. The SMILES string of the molecule is CN(C(=O)c1csc(-c2ccc(Cl)c(Cl)c2)n1)C1CC2CCC(C1)N2.Cl. The number of hydrogen-bond donors (Lipinski definition) is 1. The molecule has 1 N–H and O–H groups in total. The zero-order valence-corrected chi connectivity index (χ0v) is 17.4. The standard InChI is InChI=1S/C18H19Cl2N3OS.ClH/c1-23(13-7-11-3-4-12(8-13)21-11)18(24)16-9-25-17(22-16)10-2-5-14(19)15(20)6-10;/h2,5-6,9,11-13,21H,3-4,7-8H2,1H3;1H. The average molecular weight is 433 g/mol. The van der Waals surface area contributed by atoms with E-state index in [2.05, 4.69) is 10.3 Å². The van der Waals surface area contributed by atoms with Gasteiger partial charge in [-0.1, -0.05) is 29.3 Å². The molecule has 0 aliphatic carbocycles. The van der Waals surface area contributed by atoms with Gasteiger partial charge in [0.2, 0.25) is 0 Å². The lowest BCUT2D eigenvalue weighted by Gasteiger charge is -2.35. The van der Waals surface area contributed by atoms with E-state index < -0.39 is 0 Å². The van der Waals surface area contributed by atoms with E-state index in [0.717, 1.165) is 23.4 Å². The predicted octanol–water partition coefficient (Wildman–Crippen LogP) is 4.89. The topological polar surface area (TPSA) is 45.2 Å². The summed E-state index contributed by atoms with van der Waals surface area (Å²) in [6, 6.07) is 6.81. The highest BCUT2D eigenvalue weighted by Crippen LogP contribution is 2.32. The smallest absolute Gasteiger partial charge is 0.273 e. The Hall–Kier alpha value is -0.850. The largest absolute Gasteiger partial charge is 0.337 e. The van der Waals surface area contributed by atoms with Gasteiger partial charge in [0.1, 0.15) is 10.7 Å². The van der Waals surface area contributed by atoms with Crippen LogP contribution in [0.15, 0.2) is 23.6 Å². The second kappa shape index (κ2) is 8.03. The maximum absolute atomic E-state index is 12.8. The number of carbonyl (C=O) groups is 1. The van der Waals surface area contributed by atoms with Crippen molar-refractivity contribution in [3.05, 3.63) is 39.3 Å². The molecule has 1 aromatic heterocycles. The Bertz CT molecular complexity index is 801. The van der Waals surface area contributed by atoms with Crippen LogP contribution in [0.2, 0.25) is 10.0 Å². The molecule has 2 aliphatic rings. The minimum atomic E-state index is -0.00568. The van der Waals surface area contributed by atoms with E-state index in [-0.39, 0.29) is 18.3 Å². The third-order valence-electron chi connectivity index (χ3n) is 5.21. The van der Waals surface area contributed by atoms with Crippen LogP contribution in [0.4, 0.5) is 0 Å². The normalized spacial score (nSPS) is 24.2. The van der Waals surface area contributed by atoms with E-state index in [0.29, 0.717) is 33.9 Å². The Morgan fingerprint density at radius 1 is 1.23 bits per heavy atom. The Morgan fingerprint density at radius 3 is 2.58 bits per heavy atom. The minimum absolute atomic E-state index is 0. The molecule has 8 heteroatoms. The van der Waals surface area contributed by atoms with Crippen LogP contribution in [0.25, 0.3) is 10.6 Å². The maximum atomic E-state index is 12.8. The molecule has 2 atom stereocenters. The molecule has 1 amide bonds. The van der Waals surface area contributed by atoms with Gasteiger partial charge in [-0.25, -0.2) is 4.98 Å². The van der Waals surface area contributed by atoms with Gasteiger partial charge in [0.15, 0.2) is 0 Å². The van der Waals surface area contributed by atoms with Crippen LogP contribution in [0.5, 0.6) is 0 Å². The third kappa shape index (κ3) is 3.87. The number of rotatable bonds is 3. The van der Waals surface area contributed by atoms with Gasteiger partial charge in [-0.05, 0) is 37.8 Å². The van der Waals surface area contributed by atoms with E-state index in [1.165, 1.54) is 24.2 Å². The molecule has 4 rings (SSSR count). The van der Waals surface area contributed by atoms with Gasteiger partial charge in [0.05, 0.1) is 10.0 Å². The van der Waals surface area contributed by atoms with Crippen LogP contribution in [-0.2, 0) is 0 Å². The van der Waals surface area contributed by atoms with E-state index >= 15 is 0 Å². The maximum Gasteiger partial charge on any atom is 0.273 e. The molecule has 2 unspecified atom stereocenters. The molecule has 0 saturated carbocycles. The van der Waals surface area contributed by atoms with Crippen molar-refractivity contribution in [3.8, 4) is 10.6 Å². The summed E-state index contributed by atoms with van der Waals surface area (Å²) in [5.74, 6) is -0.00568. The molecule has 2 fully saturated rings. The summed E-state index contributed by atoms with van der Waals surface area (Å²) in [5.41, 5.74) is 1.38. The number of thiazole rings is 1. The zero-order chi connectivity index (χ0) is 17.6. The number of benzene rings is 1. The fourth-order valence-corrected chi connectivity index (χ4v) is 4.91. The molecule has 140 valence electrons. The van der Waals surface area contributed by atoms with Crippen molar-refractivity contribution in [1.29, 1.82) is 0 Å². The molecular formula is C18H20Cl3N3OS. The first kappa shape index (κ1) is 19.9. The Morgan fingerprint density at radius 2 is 1.92 bits per heavy atom. The number of carbonyl (C=O) groups excluding carboxylic acids is 1. The molecule has 4 nitrogen and oxygen atoms in total. The highest BCUT2D eigenvalue weighted by Gasteiger charge is 2.36. The van der Waals surface area contributed by atoms with Crippen molar-refractivity contribution >= 4 is 52.9 Å². The first-order valence-corrected chi connectivity index (χ1v) is 10.1. The fraction of sp³-hybridized carbons (Fsp3) is 0.444. The van der Waals surface area contributed by atoms with Crippen molar-refractivity contribution < 1.29 is 4.79 Å². The number of piperidine rings is 1. The Kier molecular flexibility index (Phi) is 6.14. The highest BCUT2D eigenvalue weighted by molar-refractivity contribution is 7.13. The van der Waals surface area contributed by atoms with Crippen LogP contribution in [-0.4, -0.2) is 41.0 Å². The molecule has 2 saturated heterocycles. The number of halogens is 3. The van der Waals surface area contributed by atoms with Gasteiger partial charge in [0.25, 0.3) is 5.91 Å². The summed E-state index contributed by atoms with van der Waals surface area (Å²) in [6.45, 7) is 0. The summed E-state index contributed by atoms with van der Waals surface area (Å²) >= 11 is 13.5. The van der Waals surface area contributed by atoms with Crippen LogP contribution >= 0.6 is 46.9 Å². The van der Waals surface area contributed by atoms with Crippen molar-refractivity contribution in [3.63, 3.8) is 0 Å². The van der Waals surface area contributed by atoms with Crippen molar-refractivity contribution in [2.45, 2.75) is 43.8 Å². The summed E-state index contributed by atoms with van der Waals surface area (Å²) in [7, 11) is 1.90. The van der Waals surface area contributed by atoms with E-state index in [9.17, 15) is 4.79 Å². The lowest BCUT2D eigenvalue weighted by molar-refractivity contribution is 0.0676. The monoisotopic (exact) mass is 431 g/mol. The number of nitrogens with zero attached hydrogens (tertiary/aromatic N) is 2. The number of hydrogen-bond acceptors (Lipinski definition) is 4. The molecule has 2 aromatic rings. The number of fused-ring (bicyclic) bond motifs is 2. The molecule has 2 bridgehead atoms. The molecule has 2 aliphatic heterocycles. The van der Waals surface area contributed by atoms with Gasteiger partial charge < -0.3 is 10.2 Å². The summed E-state index contributed by atoms with van der Waals surface area (Å²) in [4.78, 5) is 19.3. The molecule has 1 aromatic carbocycles. The number of aromatic nitrogens is 1. The van der Waals surface area contributed by atoms with Crippen molar-refractivity contribution in [2.24, 2.45) is 0 Å². The molecular weight excluding hydrogens is 413 g/mol. The Labute approximate surface area is 173 Å². The van der Waals surface area contributed by atoms with Crippen LogP contribution < -0.4 is 5.32 Å². The van der Waals surface area contributed by atoms with Crippen molar-refractivity contribution in [1.82, 2.24) is 15.2 Å². The lowest BCUT2D eigenvalue weighted by Crippen LogP contribution is -2.48. The van der Waals surface area contributed by atoms with E-state index in [1.807, 2.05) is 23.4 Å². The van der Waals surface area contributed by atoms with Crippen LogP contribution in [0.3, 0.4) is 0 Å². The molecule has 3 heterocycles. The van der Waals surface area contributed by atoms with Gasteiger partial charge in [-0.3, -0.25) is 4.79 Å². The van der Waals surface area contributed by atoms with Crippen LogP contribution in [0.1, 0.15) is 36.2 Å². The third-order valence-corrected chi connectivity index (χ3v) is 6.84. The minimum Gasteiger partial charge on any atom is -0.337 e. The second-order valence-electron chi connectivity index (χ2n) is 6.85. The van der Waals surface area contributed by atoms with Gasteiger partial charge >= 0.3 is 0 Å². The number of nitrogens with one attached hydrogen (secondary N) is 1. The van der Waals surface area contributed by atoms with Crippen molar-refractivity contribution in [2.75, 3.05) is 7.05 Å². The molecule has 0 spiro atoms. The fourth-order valence-electron chi connectivity index (χ4n) is 3.82. The summed E-state index contributed by atoms with van der Waals surface area (Å²) in [6.07, 6.45) is 4.51. The first-order chi connectivity index (χ1) is 12.0. The molecule has 0 radical (unpaired) electrons. The Balaban J connectivity index is 0.00000196. The quantitative estimate of drug-likeness (QED) is 0.751. The highest BCUT2D eigenvalue weighted by atomic mass is 35.5. The van der Waals surface area contributed by atoms with Crippen LogP contribution in [0, 0.1) is 0 Å². The van der Waals surface area contributed by atoms with Gasteiger partial charge in [-0.15, -0.1) is 23.7 Å². The van der Waals surface area contributed by atoms with E-state index in [1.54, 1.807) is 12.1 Å². The second-order valence-corrected chi connectivity index (χ2v) is 8.52. The average Bonchev–Trinajstić information content (AvgIpc) is 3.22. The van der Waals surface area contributed by atoms with Gasteiger partial charge in [-0.2, -0.15) is 0 Å². The zero-order valence-electron chi connectivity index (χ0n) is 14.2. The summed E-state index contributed by atoms with van der Waals surface area (Å²) < 4.78 is 0. The van der Waals surface area contributed by atoms with E-state index in [4.69, 9.17) is 23.2 Å². The lowest BCUT2D eigenvalue weighted by atomic mass is 9.98.